The average molecular weight is 349 g/mol. The van der Waals surface area contributed by atoms with Crippen LogP contribution in [-0.2, 0) is 30.3 Å². The number of aryl methyl sites for hydroxylation is 1. The Morgan fingerprint density at radius 2 is 1.72 bits per heavy atom. The van der Waals surface area contributed by atoms with Crippen LogP contribution in [0.25, 0.3) is 0 Å². The molecule has 0 aliphatic carbocycles. The van der Waals surface area contributed by atoms with Crippen LogP contribution >= 0.6 is 0 Å². The highest BCUT2D eigenvalue weighted by Gasteiger charge is 2.24. The van der Waals surface area contributed by atoms with Gasteiger partial charge in [-0.05, 0) is 39.2 Å². The fourth-order valence-electron chi connectivity index (χ4n) is 2.21. The minimum Gasteiger partial charge on any atom is -0.467 e. The SMILES string of the molecule is COC(=O)[C@@H](CCC(=O)OC(C)(C)C)NC(=O)CCc1ccccc1. The largest absolute Gasteiger partial charge is 0.467 e. The van der Waals surface area contributed by atoms with Gasteiger partial charge in [0.05, 0.1) is 7.11 Å². The van der Waals surface area contributed by atoms with Crippen LogP contribution in [0.1, 0.15) is 45.6 Å². The zero-order chi connectivity index (χ0) is 18.9. The molecule has 0 saturated carbocycles. The van der Waals surface area contributed by atoms with Gasteiger partial charge in [0, 0.05) is 12.8 Å². The van der Waals surface area contributed by atoms with E-state index in [2.05, 4.69) is 5.32 Å². The van der Waals surface area contributed by atoms with Gasteiger partial charge < -0.3 is 14.8 Å². The van der Waals surface area contributed by atoms with Gasteiger partial charge in [-0.1, -0.05) is 30.3 Å². The molecule has 0 heterocycles. The van der Waals surface area contributed by atoms with Crippen molar-refractivity contribution >= 4 is 17.8 Å². The standard InChI is InChI=1S/C19H27NO5/c1-19(2,3)25-17(22)13-11-15(18(23)24-4)20-16(21)12-10-14-8-6-5-7-9-14/h5-9,15H,10-13H2,1-4H3,(H,20,21)/t15-/m1/s1. The Morgan fingerprint density at radius 3 is 2.28 bits per heavy atom. The molecule has 0 radical (unpaired) electrons. The predicted octanol–water partition coefficient (Wildman–Crippen LogP) is 2.40. The number of hydrogen-bond acceptors (Lipinski definition) is 5. The minimum atomic E-state index is -0.860. The second-order valence-corrected chi connectivity index (χ2v) is 6.75. The molecule has 0 unspecified atom stereocenters. The van der Waals surface area contributed by atoms with Crippen LogP contribution in [0.5, 0.6) is 0 Å². The summed E-state index contributed by atoms with van der Waals surface area (Å²) < 4.78 is 9.91. The van der Waals surface area contributed by atoms with Crippen molar-refractivity contribution in [2.75, 3.05) is 7.11 Å². The molecule has 0 saturated heterocycles. The molecule has 1 N–H and O–H groups in total. The highest BCUT2D eigenvalue weighted by atomic mass is 16.6. The van der Waals surface area contributed by atoms with Crippen LogP contribution < -0.4 is 5.32 Å². The smallest absolute Gasteiger partial charge is 0.328 e. The van der Waals surface area contributed by atoms with E-state index in [-0.39, 0.29) is 25.2 Å². The van der Waals surface area contributed by atoms with Crippen molar-refractivity contribution in [1.29, 1.82) is 0 Å². The molecule has 6 heteroatoms. The van der Waals surface area contributed by atoms with Crippen LogP contribution in [0.3, 0.4) is 0 Å². The summed E-state index contributed by atoms with van der Waals surface area (Å²) in [6.07, 6.45) is 0.991. The fraction of sp³-hybridized carbons (Fsp3) is 0.526. The number of carbonyl (C=O) groups excluding carboxylic acids is 3. The van der Waals surface area contributed by atoms with E-state index in [9.17, 15) is 14.4 Å². The van der Waals surface area contributed by atoms with Gasteiger partial charge >= 0.3 is 11.9 Å². The van der Waals surface area contributed by atoms with Crippen molar-refractivity contribution in [3.63, 3.8) is 0 Å². The molecule has 1 rings (SSSR count). The van der Waals surface area contributed by atoms with E-state index in [0.717, 1.165) is 5.56 Å². The van der Waals surface area contributed by atoms with Crippen molar-refractivity contribution in [3.05, 3.63) is 35.9 Å². The summed E-state index contributed by atoms with van der Waals surface area (Å²) in [5.41, 5.74) is 0.456. The molecular weight excluding hydrogens is 322 g/mol. The van der Waals surface area contributed by atoms with Crippen molar-refractivity contribution in [2.45, 2.75) is 58.1 Å². The van der Waals surface area contributed by atoms with Crippen molar-refractivity contribution < 1.29 is 23.9 Å². The Kier molecular flexibility index (Phi) is 8.11. The van der Waals surface area contributed by atoms with Gasteiger partial charge in [0.15, 0.2) is 0 Å². The zero-order valence-corrected chi connectivity index (χ0v) is 15.3. The second-order valence-electron chi connectivity index (χ2n) is 6.75. The van der Waals surface area contributed by atoms with Crippen molar-refractivity contribution in [2.24, 2.45) is 0 Å². The number of methoxy groups -OCH3 is 1. The van der Waals surface area contributed by atoms with Gasteiger partial charge in [0.25, 0.3) is 0 Å². The van der Waals surface area contributed by atoms with E-state index in [0.29, 0.717) is 6.42 Å². The summed E-state index contributed by atoms with van der Waals surface area (Å²) in [6.45, 7) is 5.32. The first-order valence-corrected chi connectivity index (χ1v) is 8.34. The number of amides is 1. The number of hydrogen-bond donors (Lipinski definition) is 1. The lowest BCUT2D eigenvalue weighted by molar-refractivity contribution is -0.155. The molecule has 25 heavy (non-hydrogen) atoms. The summed E-state index contributed by atoms with van der Waals surface area (Å²) in [6, 6.07) is 8.74. The lowest BCUT2D eigenvalue weighted by atomic mass is 10.1. The maximum Gasteiger partial charge on any atom is 0.328 e. The molecule has 0 spiro atoms. The molecule has 0 aliphatic heterocycles. The zero-order valence-electron chi connectivity index (χ0n) is 15.3. The summed E-state index contributed by atoms with van der Waals surface area (Å²) >= 11 is 0. The Labute approximate surface area is 148 Å². The Balaban J connectivity index is 2.50. The van der Waals surface area contributed by atoms with Gasteiger partial charge in [-0.2, -0.15) is 0 Å². The van der Waals surface area contributed by atoms with E-state index in [1.54, 1.807) is 20.8 Å². The number of nitrogens with one attached hydrogen (secondary N) is 1. The highest BCUT2D eigenvalue weighted by molar-refractivity contribution is 5.85. The Morgan fingerprint density at radius 1 is 1.08 bits per heavy atom. The van der Waals surface area contributed by atoms with Gasteiger partial charge in [0.1, 0.15) is 11.6 Å². The quantitative estimate of drug-likeness (QED) is 0.729. The van der Waals surface area contributed by atoms with Gasteiger partial charge in [-0.15, -0.1) is 0 Å². The number of rotatable bonds is 8. The van der Waals surface area contributed by atoms with Crippen LogP contribution in [0.4, 0.5) is 0 Å². The molecule has 1 amide bonds. The molecule has 138 valence electrons. The molecule has 1 aromatic rings. The van der Waals surface area contributed by atoms with Gasteiger partial charge in [-0.3, -0.25) is 9.59 Å². The molecular formula is C19H27NO5. The Bertz CT molecular complexity index is 577. The summed E-state index contributed by atoms with van der Waals surface area (Å²) in [4.78, 5) is 35.7. The lowest BCUT2D eigenvalue weighted by Crippen LogP contribution is -2.42. The molecule has 1 aromatic carbocycles. The normalized spacial score (nSPS) is 12.2. The third kappa shape index (κ3) is 8.88. The minimum absolute atomic E-state index is 0.0238. The number of carbonyl (C=O) groups is 3. The second kappa shape index (κ2) is 9.81. The highest BCUT2D eigenvalue weighted by Crippen LogP contribution is 2.11. The monoisotopic (exact) mass is 349 g/mol. The molecule has 1 atom stereocenters. The number of esters is 2. The third-order valence-corrected chi connectivity index (χ3v) is 3.36. The van der Waals surface area contributed by atoms with E-state index >= 15 is 0 Å². The summed E-state index contributed by atoms with van der Waals surface area (Å²) in [5.74, 6) is -1.25. The fourth-order valence-corrected chi connectivity index (χ4v) is 2.21. The summed E-state index contributed by atoms with van der Waals surface area (Å²) in [7, 11) is 1.25. The number of benzene rings is 1. The maximum absolute atomic E-state index is 12.1. The van der Waals surface area contributed by atoms with Crippen LogP contribution in [0.2, 0.25) is 0 Å². The lowest BCUT2D eigenvalue weighted by Gasteiger charge is -2.21. The third-order valence-electron chi connectivity index (χ3n) is 3.36. The van der Waals surface area contributed by atoms with Crippen LogP contribution in [0.15, 0.2) is 30.3 Å². The van der Waals surface area contributed by atoms with Crippen LogP contribution in [-0.4, -0.2) is 36.6 Å². The summed E-state index contributed by atoms with van der Waals surface area (Å²) in [5, 5.41) is 2.63. The van der Waals surface area contributed by atoms with E-state index < -0.39 is 23.6 Å². The molecule has 0 bridgehead atoms. The number of ether oxygens (including phenoxy) is 2. The first-order valence-electron chi connectivity index (χ1n) is 8.34. The van der Waals surface area contributed by atoms with Crippen molar-refractivity contribution in [1.82, 2.24) is 5.32 Å². The van der Waals surface area contributed by atoms with Crippen LogP contribution in [0, 0.1) is 0 Å². The Hall–Kier alpha value is -2.37. The van der Waals surface area contributed by atoms with Crippen molar-refractivity contribution in [3.8, 4) is 0 Å². The van der Waals surface area contributed by atoms with E-state index in [1.807, 2.05) is 30.3 Å². The predicted molar refractivity (Wildman–Crippen MR) is 93.8 cm³/mol. The van der Waals surface area contributed by atoms with Gasteiger partial charge in [0.2, 0.25) is 5.91 Å². The first-order chi connectivity index (χ1) is 11.7. The van der Waals surface area contributed by atoms with E-state index in [4.69, 9.17) is 9.47 Å². The molecule has 0 fully saturated rings. The first kappa shape index (κ1) is 20.7. The average Bonchev–Trinajstić information content (AvgIpc) is 2.55. The molecule has 6 nitrogen and oxygen atoms in total. The topological polar surface area (TPSA) is 81.7 Å². The molecule has 0 aliphatic rings. The van der Waals surface area contributed by atoms with Gasteiger partial charge in [-0.25, -0.2) is 4.79 Å². The maximum atomic E-state index is 12.1. The van der Waals surface area contributed by atoms with E-state index in [1.165, 1.54) is 7.11 Å². The molecule has 0 aromatic heterocycles.